The molecule has 0 aromatic carbocycles. The van der Waals surface area contributed by atoms with Crippen molar-refractivity contribution in [3.05, 3.63) is 35.9 Å². The van der Waals surface area contributed by atoms with Crippen LogP contribution in [0.5, 0.6) is 0 Å². The van der Waals surface area contributed by atoms with E-state index in [4.69, 9.17) is 4.74 Å². The summed E-state index contributed by atoms with van der Waals surface area (Å²) in [6, 6.07) is 3.78. The molecule has 2 aromatic heterocycles. The van der Waals surface area contributed by atoms with E-state index in [0.29, 0.717) is 12.2 Å². The summed E-state index contributed by atoms with van der Waals surface area (Å²) in [5.41, 5.74) is 2.33. The highest BCUT2D eigenvalue weighted by atomic mass is 16.5. The maximum absolute atomic E-state index is 12.6. The zero-order valence-electron chi connectivity index (χ0n) is 16.6. The van der Waals surface area contributed by atoms with Gasteiger partial charge in [0.2, 0.25) is 5.95 Å². The van der Waals surface area contributed by atoms with E-state index in [-0.39, 0.29) is 18.1 Å². The Kier molecular flexibility index (Phi) is 5.65. The minimum absolute atomic E-state index is 0.162. The molecule has 1 amide bonds. The number of nitrogens with one attached hydrogen (secondary N) is 1. The number of hydrogen-bond acceptors (Lipinski definition) is 6. The summed E-state index contributed by atoms with van der Waals surface area (Å²) < 4.78 is 7.74. The third-order valence-corrected chi connectivity index (χ3v) is 4.65. The van der Waals surface area contributed by atoms with Gasteiger partial charge in [-0.25, -0.2) is 4.98 Å². The van der Waals surface area contributed by atoms with Crippen molar-refractivity contribution in [2.45, 2.75) is 32.6 Å². The molecule has 2 unspecified atom stereocenters. The van der Waals surface area contributed by atoms with Crippen LogP contribution in [0.15, 0.2) is 24.5 Å². The summed E-state index contributed by atoms with van der Waals surface area (Å²) >= 11 is 0. The topological polar surface area (TPSA) is 75.5 Å². The molecule has 1 aliphatic rings. The maximum atomic E-state index is 12.6. The molecule has 3 heterocycles. The number of imidazole rings is 1. The number of morpholine rings is 1. The van der Waals surface area contributed by atoms with E-state index in [1.165, 1.54) is 0 Å². The predicted molar refractivity (Wildman–Crippen MR) is 105 cm³/mol. The van der Waals surface area contributed by atoms with Crippen LogP contribution in [0.3, 0.4) is 0 Å². The van der Waals surface area contributed by atoms with Crippen molar-refractivity contribution in [1.29, 1.82) is 0 Å². The molecule has 1 fully saturated rings. The van der Waals surface area contributed by atoms with E-state index >= 15 is 0 Å². The van der Waals surface area contributed by atoms with E-state index in [1.807, 2.05) is 42.7 Å². The van der Waals surface area contributed by atoms with Gasteiger partial charge >= 0.3 is 0 Å². The molecule has 0 spiro atoms. The first kappa shape index (κ1) is 19.2. The molecule has 0 saturated carbocycles. The molecule has 1 saturated heterocycles. The quantitative estimate of drug-likeness (QED) is 0.856. The van der Waals surface area contributed by atoms with Crippen LogP contribution in [0.2, 0.25) is 0 Å². The van der Waals surface area contributed by atoms with Gasteiger partial charge in [-0.2, -0.15) is 0 Å². The summed E-state index contributed by atoms with van der Waals surface area (Å²) in [6.45, 7) is 6.13. The number of nitrogens with zero attached hydrogens (tertiary/aromatic N) is 5. The van der Waals surface area contributed by atoms with Crippen LogP contribution in [0.4, 0.5) is 11.6 Å². The number of amides is 1. The van der Waals surface area contributed by atoms with Crippen LogP contribution in [-0.2, 0) is 18.3 Å². The second-order valence-electron chi connectivity index (χ2n) is 7.25. The van der Waals surface area contributed by atoms with Crippen LogP contribution in [0.25, 0.3) is 0 Å². The van der Waals surface area contributed by atoms with Gasteiger partial charge in [0.15, 0.2) is 0 Å². The number of carbonyl (C=O) groups excluding carboxylic acids is 1. The first-order chi connectivity index (χ1) is 12.8. The van der Waals surface area contributed by atoms with Crippen molar-refractivity contribution in [2.75, 3.05) is 37.0 Å². The predicted octanol–water partition coefficient (Wildman–Crippen LogP) is 1.42. The minimum Gasteiger partial charge on any atom is -0.372 e. The normalized spacial score (nSPS) is 19.8. The van der Waals surface area contributed by atoms with Crippen molar-refractivity contribution in [1.82, 2.24) is 19.9 Å². The number of pyridine rings is 1. The second-order valence-corrected chi connectivity index (χ2v) is 7.25. The molecule has 0 radical (unpaired) electrons. The van der Waals surface area contributed by atoms with E-state index < -0.39 is 0 Å². The Balaban J connectivity index is 1.67. The minimum atomic E-state index is -0.196. The molecule has 0 bridgehead atoms. The maximum Gasteiger partial charge on any atom is 0.270 e. The molecule has 2 aromatic rings. The van der Waals surface area contributed by atoms with Crippen molar-refractivity contribution >= 4 is 17.5 Å². The lowest BCUT2D eigenvalue weighted by molar-refractivity contribution is -0.00522. The number of carbonyl (C=O) groups is 1. The largest absolute Gasteiger partial charge is 0.372 e. The Hall–Kier alpha value is -2.61. The van der Waals surface area contributed by atoms with Gasteiger partial charge in [0.05, 0.1) is 30.6 Å². The fourth-order valence-corrected chi connectivity index (χ4v) is 3.40. The fraction of sp³-hybridized carbons (Fsp3) is 0.526. The molecule has 8 nitrogen and oxygen atoms in total. The van der Waals surface area contributed by atoms with Gasteiger partial charge in [-0.15, -0.1) is 0 Å². The lowest BCUT2D eigenvalue weighted by Gasteiger charge is -2.36. The third kappa shape index (κ3) is 4.39. The van der Waals surface area contributed by atoms with Crippen molar-refractivity contribution in [3.63, 3.8) is 0 Å². The first-order valence-electron chi connectivity index (χ1n) is 9.17. The van der Waals surface area contributed by atoms with Gasteiger partial charge in [-0.3, -0.25) is 9.78 Å². The average molecular weight is 372 g/mol. The number of anilines is 2. The zero-order valence-corrected chi connectivity index (χ0v) is 16.6. The monoisotopic (exact) mass is 372 g/mol. The van der Waals surface area contributed by atoms with E-state index in [2.05, 4.69) is 34.0 Å². The van der Waals surface area contributed by atoms with Crippen LogP contribution in [0.1, 0.15) is 30.0 Å². The fourth-order valence-electron chi connectivity index (χ4n) is 3.40. The zero-order chi connectivity index (χ0) is 19.6. The summed E-state index contributed by atoms with van der Waals surface area (Å²) in [7, 11) is 5.81. The van der Waals surface area contributed by atoms with E-state index in [9.17, 15) is 4.79 Å². The van der Waals surface area contributed by atoms with Crippen molar-refractivity contribution in [2.24, 2.45) is 7.05 Å². The number of hydrogen-bond donors (Lipinski definition) is 1. The molecule has 2 atom stereocenters. The van der Waals surface area contributed by atoms with Gasteiger partial charge in [0.25, 0.3) is 5.91 Å². The molecule has 1 N–H and O–H groups in total. The van der Waals surface area contributed by atoms with E-state index in [1.54, 1.807) is 12.4 Å². The molecular weight excluding hydrogens is 344 g/mol. The van der Waals surface area contributed by atoms with Gasteiger partial charge in [-0.1, -0.05) is 0 Å². The van der Waals surface area contributed by atoms with Crippen molar-refractivity contribution < 1.29 is 9.53 Å². The third-order valence-electron chi connectivity index (χ3n) is 4.65. The Labute approximate surface area is 160 Å². The number of aromatic nitrogens is 3. The molecule has 3 rings (SSSR count). The van der Waals surface area contributed by atoms with Crippen LogP contribution < -0.4 is 15.1 Å². The Morgan fingerprint density at radius 1 is 1.30 bits per heavy atom. The lowest BCUT2D eigenvalue weighted by atomic mass is 10.2. The van der Waals surface area contributed by atoms with Gasteiger partial charge in [0, 0.05) is 46.1 Å². The standard InChI is InChI=1S/C19H28N6O2/c1-13-11-25(12-14(2)27-13)15-6-7-20-17(8-15)18(26)21-9-16-10-22-19(23(3)4)24(16)5/h6-8,10,13-14H,9,11-12H2,1-5H3,(H,21,26). The molecule has 1 aliphatic heterocycles. The van der Waals surface area contributed by atoms with Crippen LogP contribution in [-0.4, -0.2) is 59.8 Å². The lowest BCUT2D eigenvalue weighted by Crippen LogP contribution is -2.45. The van der Waals surface area contributed by atoms with Gasteiger partial charge in [-0.05, 0) is 26.0 Å². The highest BCUT2D eigenvalue weighted by molar-refractivity contribution is 5.93. The molecule has 0 aliphatic carbocycles. The molecule has 27 heavy (non-hydrogen) atoms. The van der Waals surface area contributed by atoms with Crippen molar-refractivity contribution in [3.8, 4) is 0 Å². The smallest absolute Gasteiger partial charge is 0.270 e. The summed E-state index contributed by atoms with van der Waals surface area (Å²) in [4.78, 5) is 25.3. The second kappa shape index (κ2) is 7.96. The number of ether oxygens (including phenoxy) is 1. The van der Waals surface area contributed by atoms with E-state index in [0.717, 1.165) is 30.4 Å². The van der Waals surface area contributed by atoms with Gasteiger partial charge < -0.3 is 24.4 Å². The van der Waals surface area contributed by atoms with Crippen LogP contribution >= 0.6 is 0 Å². The van der Waals surface area contributed by atoms with Gasteiger partial charge in [0.1, 0.15) is 5.69 Å². The highest BCUT2D eigenvalue weighted by Crippen LogP contribution is 2.20. The molecule has 8 heteroatoms. The SMILES string of the molecule is CC1CN(c2ccnc(C(=O)NCc3cnc(N(C)C)n3C)c2)CC(C)O1. The molecular formula is C19H28N6O2. The Bertz CT molecular complexity index is 793. The summed E-state index contributed by atoms with van der Waals surface area (Å²) in [6.07, 6.45) is 3.78. The highest BCUT2D eigenvalue weighted by Gasteiger charge is 2.23. The average Bonchev–Trinajstić information content (AvgIpc) is 3.00. The Morgan fingerprint density at radius 3 is 2.63 bits per heavy atom. The van der Waals surface area contributed by atoms with Crippen LogP contribution in [0, 0.1) is 0 Å². The Morgan fingerprint density at radius 2 is 2.00 bits per heavy atom. The summed E-state index contributed by atoms with van der Waals surface area (Å²) in [5, 5.41) is 2.93. The summed E-state index contributed by atoms with van der Waals surface area (Å²) in [5.74, 6) is 0.647. The first-order valence-corrected chi connectivity index (χ1v) is 9.17. The number of rotatable bonds is 5. The molecule has 146 valence electrons.